The van der Waals surface area contributed by atoms with Gasteiger partial charge in [-0.25, -0.2) is 14.8 Å². The number of alkyl carbamates (subject to hydrolysis) is 1. The molecule has 3 amide bonds. The molecule has 0 radical (unpaired) electrons. The molecule has 3 aliphatic rings. The van der Waals surface area contributed by atoms with Crippen molar-refractivity contribution in [3.05, 3.63) is 22.8 Å². The number of rotatable bonds is 6. The van der Waals surface area contributed by atoms with Gasteiger partial charge in [-0.3, -0.25) is 9.59 Å². The fourth-order valence-corrected chi connectivity index (χ4v) is 5.78. The fraction of sp³-hybridized carbons (Fsp3) is 0.750. The molecule has 1 aliphatic carbocycles. The van der Waals surface area contributed by atoms with E-state index in [1.807, 2.05) is 6.92 Å². The number of likely N-dealkylation sites (tertiary alicyclic amines) is 1. The molecule has 12 heteroatoms. The molecule has 1 N–H and O–H groups in total. The van der Waals surface area contributed by atoms with Crippen molar-refractivity contribution in [2.75, 3.05) is 19.6 Å². The van der Waals surface area contributed by atoms with Gasteiger partial charge in [0.25, 0.3) is 0 Å². The van der Waals surface area contributed by atoms with Gasteiger partial charge in [-0.05, 0) is 52.4 Å². The van der Waals surface area contributed by atoms with Gasteiger partial charge in [0.2, 0.25) is 11.8 Å². The van der Waals surface area contributed by atoms with Crippen LogP contribution in [0.15, 0.2) is 0 Å². The van der Waals surface area contributed by atoms with Gasteiger partial charge in [-0.2, -0.15) is 13.2 Å². The predicted octanol–water partition coefficient (Wildman–Crippen LogP) is 4.58. The third-order valence-electron chi connectivity index (χ3n) is 7.74. The van der Waals surface area contributed by atoms with Crippen LogP contribution in [0, 0.1) is 5.92 Å². The molecule has 0 bridgehead atoms. The molecule has 222 valence electrons. The second-order valence-corrected chi connectivity index (χ2v) is 12.4. The molecule has 3 heterocycles. The summed E-state index contributed by atoms with van der Waals surface area (Å²) in [7, 11) is 0. The summed E-state index contributed by atoms with van der Waals surface area (Å²) in [6.45, 7) is 7.92. The van der Waals surface area contributed by atoms with Crippen molar-refractivity contribution >= 4 is 17.9 Å². The average molecular weight is 568 g/mol. The Balaban J connectivity index is 1.52. The van der Waals surface area contributed by atoms with Crippen LogP contribution in [-0.4, -0.2) is 69.0 Å². The van der Waals surface area contributed by atoms with Gasteiger partial charge in [0, 0.05) is 44.0 Å². The van der Waals surface area contributed by atoms with E-state index in [0.717, 1.165) is 32.1 Å². The second-order valence-electron chi connectivity index (χ2n) is 12.4. The van der Waals surface area contributed by atoms with E-state index in [2.05, 4.69) is 15.3 Å². The number of hydrogen-bond acceptors (Lipinski definition) is 6. The van der Waals surface area contributed by atoms with Crippen LogP contribution in [-0.2, 0) is 33.5 Å². The molecule has 4 rings (SSSR count). The highest BCUT2D eigenvalue weighted by Gasteiger charge is 2.40. The molecule has 2 fully saturated rings. The first-order valence-corrected chi connectivity index (χ1v) is 14.2. The number of hydrogen-bond donors (Lipinski definition) is 1. The van der Waals surface area contributed by atoms with Crippen LogP contribution in [0.4, 0.5) is 18.0 Å². The summed E-state index contributed by atoms with van der Waals surface area (Å²) in [5.74, 6) is 0.0262. The van der Waals surface area contributed by atoms with Crippen molar-refractivity contribution in [3.63, 3.8) is 0 Å². The maximum Gasteiger partial charge on any atom is 0.433 e. The molecule has 0 spiro atoms. The zero-order valence-corrected chi connectivity index (χ0v) is 23.8. The van der Waals surface area contributed by atoms with Gasteiger partial charge in [-0.1, -0.05) is 19.8 Å². The summed E-state index contributed by atoms with van der Waals surface area (Å²) in [6, 6.07) is -0.719. The standard InChI is InChI=1S/C28H40F3N5O4/c1-17-9-10-22(37)36(14-17)15-19(32-26(39)40-27(2,3)4)13-23(38)35-12-11-20-21(16-35)33-25(18-7-5-6-8-18)34-24(20)28(29,30)31/h17-19H,5-16H2,1-4H3,(H,32,39)/t17-,19+/m1/s1. The number of carbonyl (C=O) groups is 3. The first kappa shape index (κ1) is 30.0. The minimum atomic E-state index is -4.60. The predicted molar refractivity (Wildman–Crippen MR) is 140 cm³/mol. The summed E-state index contributed by atoms with van der Waals surface area (Å²) in [6.07, 6.45) is -0.870. The Labute approximate surface area is 233 Å². The summed E-state index contributed by atoms with van der Waals surface area (Å²) >= 11 is 0. The van der Waals surface area contributed by atoms with Crippen LogP contribution in [0.25, 0.3) is 0 Å². The third kappa shape index (κ3) is 7.63. The van der Waals surface area contributed by atoms with Crippen molar-refractivity contribution in [1.29, 1.82) is 0 Å². The minimum Gasteiger partial charge on any atom is -0.444 e. The summed E-state index contributed by atoms with van der Waals surface area (Å²) < 4.78 is 47.2. The van der Waals surface area contributed by atoms with Gasteiger partial charge in [-0.15, -0.1) is 0 Å². The minimum absolute atomic E-state index is 0.00680. The van der Waals surface area contributed by atoms with Crippen molar-refractivity contribution in [2.24, 2.45) is 5.92 Å². The Hall–Kier alpha value is -2.92. The van der Waals surface area contributed by atoms with E-state index in [0.29, 0.717) is 18.9 Å². The van der Waals surface area contributed by atoms with Gasteiger partial charge < -0.3 is 19.9 Å². The zero-order valence-electron chi connectivity index (χ0n) is 23.8. The summed E-state index contributed by atoms with van der Waals surface area (Å²) in [5, 5.41) is 2.74. The topological polar surface area (TPSA) is 105 Å². The lowest BCUT2D eigenvalue weighted by atomic mass is 9.98. The number of carbonyl (C=O) groups excluding carboxylic acids is 3. The lowest BCUT2D eigenvalue weighted by molar-refractivity contribution is -0.142. The number of nitrogens with zero attached hydrogens (tertiary/aromatic N) is 4. The maximum absolute atomic E-state index is 13.9. The molecule has 40 heavy (non-hydrogen) atoms. The highest BCUT2D eigenvalue weighted by molar-refractivity contribution is 5.79. The number of halogens is 3. The third-order valence-corrected chi connectivity index (χ3v) is 7.74. The fourth-order valence-electron chi connectivity index (χ4n) is 5.78. The van der Waals surface area contributed by atoms with Gasteiger partial charge in [0.15, 0.2) is 5.69 Å². The van der Waals surface area contributed by atoms with Crippen LogP contribution in [0.5, 0.6) is 0 Å². The van der Waals surface area contributed by atoms with E-state index in [1.54, 1.807) is 25.7 Å². The Morgan fingerprint density at radius 2 is 1.80 bits per heavy atom. The van der Waals surface area contributed by atoms with Crippen LogP contribution >= 0.6 is 0 Å². The van der Waals surface area contributed by atoms with Crippen molar-refractivity contribution in [3.8, 4) is 0 Å². The number of nitrogens with one attached hydrogen (secondary N) is 1. The van der Waals surface area contributed by atoms with E-state index in [4.69, 9.17) is 4.74 Å². The second kappa shape index (κ2) is 11.9. The number of fused-ring (bicyclic) bond motifs is 1. The van der Waals surface area contributed by atoms with Gasteiger partial charge in [0.05, 0.1) is 18.3 Å². The van der Waals surface area contributed by atoms with Crippen LogP contribution in [0.2, 0.25) is 0 Å². The van der Waals surface area contributed by atoms with Crippen molar-refractivity contribution < 1.29 is 32.3 Å². The molecular formula is C28H40F3N5O4. The molecule has 1 aromatic heterocycles. The first-order chi connectivity index (χ1) is 18.7. The van der Waals surface area contributed by atoms with Crippen LogP contribution in [0.3, 0.4) is 0 Å². The number of amides is 3. The molecule has 1 saturated heterocycles. The number of ether oxygens (including phenoxy) is 1. The van der Waals surface area contributed by atoms with E-state index >= 15 is 0 Å². The normalized spacial score (nSPS) is 21.3. The van der Waals surface area contributed by atoms with Crippen molar-refractivity contribution in [2.45, 2.75) is 109 Å². The molecule has 0 aromatic carbocycles. The Kier molecular flexibility index (Phi) is 8.94. The van der Waals surface area contributed by atoms with E-state index < -0.39 is 29.6 Å². The molecule has 1 saturated carbocycles. The number of alkyl halides is 3. The lowest BCUT2D eigenvalue weighted by Crippen LogP contribution is -2.51. The highest BCUT2D eigenvalue weighted by Crippen LogP contribution is 2.38. The first-order valence-electron chi connectivity index (χ1n) is 14.2. The SMILES string of the molecule is C[C@@H]1CCC(=O)N(C[C@H](CC(=O)N2CCc3c(nc(C4CCCC4)nc3C(F)(F)F)C2)NC(=O)OC(C)(C)C)C1. The molecule has 2 aliphatic heterocycles. The largest absolute Gasteiger partial charge is 0.444 e. The van der Waals surface area contributed by atoms with Gasteiger partial charge >= 0.3 is 12.3 Å². The molecule has 0 unspecified atom stereocenters. The van der Waals surface area contributed by atoms with Crippen LogP contribution in [0.1, 0.15) is 101 Å². The summed E-state index contributed by atoms with van der Waals surface area (Å²) in [5.41, 5.74) is -1.36. The molecule has 2 atom stereocenters. The average Bonchev–Trinajstić information content (AvgIpc) is 3.38. The summed E-state index contributed by atoms with van der Waals surface area (Å²) in [4.78, 5) is 50.2. The number of piperidine rings is 1. The van der Waals surface area contributed by atoms with Gasteiger partial charge in [0.1, 0.15) is 11.4 Å². The van der Waals surface area contributed by atoms with E-state index in [-0.39, 0.29) is 67.3 Å². The highest BCUT2D eigenvalue weighted by atomic mass is 19.4. The molecule has 1 aromatic rings. The Morgan fingerprint density at radius 3 is 2.45 bits per heavy atom. The lowest BCUT2D eigenvalue weighted by Gasteiger charge is -2.35. The molecular weight excluding hydrogens is 527 g/mol. The molecule has 9 nitrogen and oxygen atoms in total. The van der Waals surface area contributed by atoms with E-state index in [9.17, 15) is 27.6 Å². The van der Waals surface area contributed by atoms with Crippen LogP contribution < -0.4 is 5.32 Å². The monoisotopic (exact) mass is 567 g/mol. The Bertz CT molecular complexity index is 1110. The van der Waals surface area contributed by atoms with E-state index in [1.165, 1.54) is 4.90 Å². The Morgan fingerprint density at radius 1 is 1.10 bits per heavy atom. The maximum atomic E-state index is 13.9. The van der Waals surface area contributed by atoms with Crippen molar-refractivity contribution in [1.82, 2.24) is 25.1 Å². The quantitative estimate of drug-likeness (QED) is 0.540. The number of aromatic nitrogens is 2. The zero-order chi connectivity index (χ0) is 29.2. The smallest absolute Gasteiger partial charge is 0.433 e.